The highest BCUT2D eigenvalue weighted by atomic mass is 16.2. The first kappa shape index (κ1) is 17.6. The molecule has 1 atom stereocenters. The van der Waals surface area contributed by atoms with Crippen molar-refractivity contribution < 1.29 is 4.79 Å². The molecule has 1 amide bonds. The molecule has 3 rings (SSSR count). The number of hydrogen-bond donors (Lipinski definition) is 1. The van der Waals surface area contributed by atoms with Crippen molar-refractivity contribution in [2.45, 2.75) is 45.6 Å². The summed E-state index contributed by atoms with van der Waals surface area (Å²) in [7, 11) is 0. The first-order valence-corrected chi connectivity index (χ1v) is 9.13. The van der Waals surface area contributed by atoms with E-state index in [4.69, 9.17) is 0 Å². The number of nitrogens with zero attached hydrogens (tertiary/aromatic N) is 4. The van der Waals surface area contributed by atoms with Gasteiger partial charge in [-0.2, -0.15) is 5.10 Å². The van der Waals surface area contributed by atoms with Crippen LogP contribution in [0, 0.1) is 6.92 Å². The number of nitrogens with one attached hydrogen (secondary N) is 1. The Kier molecular flexibility index (Phi) is 5.81. The van der Waals surface area contributed by atoms with Crippen molar-refractivity contribution in [2.24, 2.45) is 0 Å². The minimum atomic E-state index is -0.0723. The van der Waals surface area contributed by atoms with E-state index in [0.29, 0.717) is 6.54 Å². The van der Waals surface area contributed by atoms with Crippen LogP contribution < -0.4 is 5.32 Å². The maximum atomic E-state index is 12.4. The predicted octanol–water partition coefficient (Wildman–Crippen LogP) is 2.63. The molecule has 1 saturated heterocycles. The number of amides is 1. The normalized spacial score (nSPS) is 17.0. The Morgan fingerprint density at radius 3 is 2.68 bits per heavy atom. The summed E-state index contributed by atoms with van der Waals surface area (Å²) in [6, 6.07) is 5.67. The molecule has 2 aromatic heterocycles. The van der Waals surface area contributed by atoms with Crippen LogP contribution in [0.1, 0.15) is 49.9 Å². The fourth-order valence-corrected chi connectivity index (χ4v) is 3.42. The van der Waals surface area contributed by atoms with Crippen molar-refractivity contribution in [2.75, 3.05) is 19.6 Å². The molecule has 0 spiro atoms. The molecule has 3 heterocycles. The van der Waals surface area contributed by atoms with E-state index in [1.165, 1.54) is 25.7 Å². The lowest BCUT2D eigenvalue weighted by Crippen LogP contribution is -2.38. The van der Waals surface area contributed by atoms with E-state index < -0.39 is 0 Å². The van der Waals surface area contributed by atoms with Crippen LogP contribution in [0.25, 0.3) is 5.82 Å². The lowest BCUT2D eigenvalue weighted by molar-refractivity contribution is -0.122. The minimum Gasteiger partial charge on any atom is -0.348 e. The van der Waals surface area contributed by atoms with Crippen LogP contribution in [0.4, 0.5) is 0 Å². The summed E-state index contributed by atoms with van der Waals surface area (Å²) in [6.07, 6.45) is 8.52. The van der Waals surface area contributed by atoms with Crippen LogP contribution in [0.3, 0.4) is 0 Å². The van der Waals surface area contributed by atoms with Gasteiger partial charge in [-0.15, -0.1) is 0 Å². The van der Waals surface area contributed by atoms with Crippen molar-refractivity contribution in [3.63, 3.8) is 0 Å². The Hall–Kier alpha value is -2.21. The molecular weight excluding hydrogens is 314 g/mol. The van der Waals surface area contributed by atoms with Gasteiger partial charge in [0.05, 0.1) is 18.8 Å². The molecule has 0 aromatic carbocycles. The van der Waals surface area contributed by atoms with E-state index in [1.54, 1.807) is 6.20 Å². The number of pyridine rings is 1. The summed E-state index contributed by atoms with van der Waals surface area (Å²) in [4.78, 5) is 19.0. The van der Waals surface area contributed by atoms with Crippen molar-refractivity contribution >= 4 is 5.91 Å². The van der Waals surface area contributed by atoms with Gasteiger partial charge in [-0.1, -0.05) is 18.9 Å². The maximum absolute atomic E-state index is 12.4. The summed E-state index contributed by atoms with van der Waals surface area (Å²) in [5.74, 6) is 0.869. The number of carbonyl (C=O) groups excluding carboxylic acids is 1. The average Bonchev–Trinajstić information content (AvgIpc) is 2.81. The molecule has 1 fully saturated rings. The standard InChI is InChI=1S/C19H27N5O/c1-15(22-19(25)14-23-11-7-3-4-8-12-23)17-13-21-24(16(17)2)18-9-5-6-10-20-18/h5-6,9-10,13,15H,3-4,7-8,11-12,14H2,1-2H3,(H,22,25). The summed E-state index contributed by atoms with van der Waals surface area (Å²) in [5.41, 5.74) is 2.02. The van der Waals surface area contributed by atoms with Crippen LogP contribution >= 0.6 is 0 Å². The number of likely N-dealkylation sites (tertiary alicyclic amines) is 1. The van der Waals surface area contributed by atoms with Crippen LogP contribution in [0.5, 0.6) is 0 Å². The van der Waals surface area contributed by atoms with Crippen molar-refractivity contribution in [3.8, 4) is 5.82 Å². The molecule has 1 aliphatic heterocycles. The molecule has 25 heavy (non-hydrogen) atoms. The first-order valence-electron chi connectivity index (χ1n) is 9.13. The molecule has 0 aliphatic carbocycles. The molecule has 6 nitrogen and oxygen atoms in total. The molecule has 1 unspecified atom stereocenters. The van der Waals surface area contributed by atoms with Gasteiger partial charge in [0, 0.05) is 17.5 Å². The van der Waals surface area contributed by atoms with E-state index in [0.717, 1.165) is 30.2 Å². The molecule has 0 bridgehead atoms. The first-order chi connectivity index (χ1) is 12.1. The largest absolute Gasteiger partial charge is 0.348 e. The van der Waals surface area contributed by atoms with Gasteiger partial charge in [0.25, 0.3) is 0 Å². The second-order valence-electron chi connectivity index (χ2n) is 6.76. The highest BCUT2D eigenvalue weighted by Gasteiger charge is 2.18. The Morgan fingerprint density at radius 1 is 1.24 bits per heavy atom. The van der Waals surface area contributed by atoms with Gasteiger partial charge < -0.3 is 5.32 Å². The Balaban J connectivity index is 1.62. The second kappa shape index (κ2) is 8.25. The molecule has 1 N–H and O–H groups in total. The lowest BCUT2D eigenvalue weighted by atomic mass is 10.1. The fourth-order valence-electron chi connectivity index (χ4n) is 3.42. The number of aromatic nitrogens is 3. The van der Waals surface area contributed by atoms with Crippen molar-refractivity contribution in [1.29, 1.82) is 0 Å². The summed E-state index contributed by atoms with van der Waals surface area (Å²) < 4.78 is 1.81. The third kappa shape index (κ3) is 4.45. The van der Waals surface area contributed by atoms with Crippen molar-refractivity contribution in [1.82, 2.24) is 25.0 Å². The zero-order chi connectivity index (χ0) is 17.6. The zero-order valence-electron chi connectivity index (χ0n) is 15.1. The van der Waals surface area contributed by atoms with Crippen LogP contribution in [-0.4, -0.2) is 45.2 Å². The van der Waals surface area contributed by atoms with Gasteiger partial charge in [0.15, 0.2) is 5.82 Å². The SMILES string of the molecule is Cc1c(C(C)NC(=O)CN2CCCCCC2)cnn1-c1ccccn1. The highest BCUT2D eigenvalue weighted by molar-refractivity contribution is 5.78. The third-order valence-electron chi connectivity index (χ3n) is 4.82. The molecule has 6 heteroatoms. The topological polar surface area (TPSA) is 63.1 Å². The molecule has 134 valence electrons. The highest BCUT2D eigenvalue weighted by Crippen LogP contribution is 2.19. The number of carbonyl (C=O) groups is 1. The molecular formula is C19H27N5O. The Morgan fingerprint density at radius 2 is 2.00 bits per heavy atom. The summed E-state index contributed by atoms with van der Waals surface area (Å²) in [6.45, 7) is 6.55. The minimum absolute atomic E-state index is 0.0723. The monoisotopic (exact) mass is 341 g/mol. The van der Waals surface area contributed by atoms with Gasteiger partial charge >= 0.3 is 0 Å². The summed E-state index contributed by atoms with van der Waals surface area (Å²) >= 11 is 0. The molecule has 1 aliphatic rings. The smallest absolute Gasteiger partial charge is 0.234 e. The molecule has 0 radical (unpaired) electrons. The predicted molar refractivity (Wildman–Crippen MR) is 97.6 cm³/mol. The van der Waals surface area contributed by atoms with E-state index in [1.807, 2.05) is 42.9 Å². The quantitative estimate of drug-likeness (QED) is 0.908. The van der Waals surface area contributed by atoms with Gasteiger partial charge in [0.2, 0.25) is 5.91 Å². The van der Waals surface area contributed by atoms with Gasteiger partial charge in [-0.3, -0.25) is 9.69 Å². The zero-order valence-corrected chi connectivity index (χ0v) is 15.1. The average molecular weight is 341 g/mol. The van der Waals surface area contributed by atoms with Gasteiger partial charge in [-0.05, 0) is 51.9 Å². The van der Waals surface area contributed by atoms with Gasteiger partial charge in [0.1, 0.15) is 0 Å². The number of hydrogen-bond acceptors (Lipinski definition) is 4. The van der Waals surface area contributed by atoms with Crippen molar-refractivity contribution in [3.05, 3.63) is 41.9 Å². The number of rotatable bonds is 5. The van der Waals surface area contributed by atoms with Crippen LogP contribution in [-0.2, 0) is 4.79 Å². The third-order valence-corrected chi connectivity index (χ3v) is 4.82. The van der Waals surface area contributed by atoms with E-state index in [2.05, 4.69) is 20.3 Å². The molecule has 2 aromatic rings. The summed E-state index contributed by atoms with van der Waals surface area (Å²) in [5, 5.41) is 7.55. The molecule has 0 saturated carbocycles. The Bertz CT molecular complexity index is 689. The van der Waals surface area contributed by atoms with E-state index in [9.17, 15) is 4.79 Å². The lowest BCUT2D eigenvalue weighted by Gasteiger charge is -2.21. The van der Waals surface area contributed by atoms with Crippen LogP contribution in [0.15, 0.2) is 30.6 Å². The van der Waals surface area contributed by atoms with Crippen LogP contribution in [0.2, 0.25) is 0 Å². The van der Waals surface area contributed by atoms with E-state index >= 15 is 0 Å². The fraction of sp³-hybridized carbons (Fsp3) is 0.526. The second-order valence-corrected chi connectivity index (χ2v) is 6.76. The maximum Gasteiger partial charge on any atom is 0.234 e. The van der Waals surface area contributed by atoms with Gasteiger partial charge in [-0.25, -0.2) is 9.67 Å². The Labute approximate surface area is 149 Å². The van der Waals surface area contributed by atoms with E-state index in [-0.39, 0.29) is 11.9 Å².